The van der Waals surface area contributed by atoms with Gasteiger partial charge in [0.2, 0.25) is 5.91 Å². The average Bonchev–Trinajstić information content (AvgIpc) is 2.64. The van der Waals surface area contributed by atoms with Crippen LogP contribution in [0.4, 0.5) is 0 Å². The van der Waals surface area contributed by atoms with Gasteiger partial charge in [0.1, 0.15) is 0 Å². The monoisotopic (exact) mass is 353 g/mol. The standard InChI is InChI=1S/C23H31NO2/c1-22(2,3)15-16-23(4,19-13-9-6-10-14-19)21(26)24-20(17-25)18-11-7-5-8-12-18/h5-14,20,25H,15-17H2,1-4H3,(H,24,26)/t20-,23?/m1/s1. The molecule has 0 radical (unpaired) electrons. The van der Waals surface area contributed by atoms with Gasteiger partial charge in [0.15, 0.2) is 0 Å². The highest BCUT2D eigenvalue weighted by Crippen LogP contribution is 2.35. The predicted molar refractivity (Wildman–Crippen MR) is 107 cm³/mol. The Kier molecular flexibility index (Phi) is 6.60. The van der Waals surface area contributed by atoms with Crippen molar-refractivity contribution in [2.45, 2.75) is 52.0 Å². The van der Waals surface area contributed by atoms with Crippen LogP contribution in [0.3, 0.4) is 0 Å². The first-order valence-electron chi connectivity index (χ1n) is 9.28. The molecule has 2 aromatic carbocycles. The van der Waals surface area contributed by atoms with Crippen molar-refractivity contribution in [2.75, 3.05) is 6.61 Å². The van der Waals surface area contributed by atoms with Crippen LogP contribution in [-0.2, 0) is 10.2 Å². The summed E-state index contributed by atoms with van der Waals surface area (Å²) in [6, 6.07) is 19.1. The Balaban J connectivity index is 2.28. The van der Waals surface area contributed by atoms with Crippen molar-refractivity contribution in [2.24, 2.45) is 5.41 Å². The van der Waals surface area contributed by atoms with Gasteiger partial charge in [0.05, 0.1) is 18.1 Å². The lowest BCUT2D eigenvalue weighted by atomic mass is 9.73. The zero-order chi connectivity index (χ0) is 19.2. The Morgan fingerprint density at radius 2 is 1.46 bits per heavy atom. The van der Waals surface area contributed by atoms with Crippen molar-refractivity contribution in [3.05, 3.63) is 71.8 Å². The van der Waals surface area contributed by atoms with Crippen molar-refractivity contribution in [3.63, 3.8) is 0 Å². The van der Waals surface area contributed by atoms with E-state index in [-0.39, 0.29) is 17.9 Å². The number of hydrogen-bond acceptors (Lipinski definition) is 2. The summed E-state index contributed by atoms with van der Waals surface area (Å²) in [5.41, 5.74) is 1.42. The molecule has 140 valence electrons. The van der Waals surface area contributed by atoms with Crippen LogP contribution in [0.15, 0.2) is 60.7 Å². The molecule has 0 bridgehead atoms. The van der Waals surface area contributed by atoms with Gasteiger partial charge in [0.25, 0.3) is 0 Å². The number of rotatable bonds is 7. The molecule has 0 aliphatic heterocycles. The quantitative estimate of drug-likeness (QED) is 0.763. The number of carbonyl (C=O) groups is 1. The van der Waals surface area contributed by atoms with Crippen molar-refractivity contribution in [3.8, 4) is 0 Å². The van der Waals surface area contributed by atoms with E-state index in [1.165, 1.54) is 0 Å². The molecule has 0 aliphatic rings. The molecule has 3 nitrogen and oxygen atoms in total. The van der Waals surface area contributed by atoms with Crippen LogP contribution in [0.5, 0.6) is 0 Å². The lowest BCUT2D eigenvalue weighted by molar-refractivity contribution is -0.127. The first-order valence-corrected chi connectivity index (χ1v) is 9.28. The van der Waals surface area contributed by atoms with E-state index in [9.17, 15) is 9.90 Å². The number of nitrogens with one attached hydrogen (secondary N) is 1. The summed E-state index contributed by atoms with van der Waals surface area (Å²) in [7, 11) is 0. The van der Waals surface area contributed by atoms with Gasteiger partial charge in [-0.05, 0) is 36.3 Å². The van der Waals surface area contributed by atoms with E-state index >= 15 is 0 Å². The minimum Gasteiger partial charge on any atom is -0.394 e. The number of aliphatic hydroxyl groups is 1. The molecule has 0 aromatic heterocycles. The van der Waals surface area contributed by atoms with Crippen molar-refractivity contribution >= 4 is 5.91 Å². The first kappa shape index (κ1) is 20.2. The maximum Gasteiger partial charge on any atom is 0.230 e. The molecule has 0 heterocycles. The van der Waals surface area contributed by atoms with Gasteiger partial charge in [-0.2, -0.15) is 0 Å². The fraction of sp³-hybridized carbons (Fsp3) is 0.435. The van der Waals surface area contributed by atoms with Crippen LogP contribution in [-0.4, -0.2) is 17.6 Å². The van der Waals surface area contributed by atoms with Crippen LogP contribution in [0, 0.1) is 5.41 Å². The second-order valence-electron chi connectivity index (χ2n) is 8.38. The molecule has 2 rings (SSSR count). The van der Waals surface area contributed by atoms with E-state index in [1.807, 2.05) is 67.6 Å². The summed E-state index contributed by atoms with van der Waals surface area (Å²) >= 11 is 0. The van der Waals surface area contributed by atoms with Gasteiger partial charge < -0.3 is 10.4 Å². The Morgan fingerprint density at radius 1 is 0.923 bits per heavy atom. The second kappa shape index (κ2) is 8.50. The van der Waals surface area contributed by atoms with Gasteiger partial charge in [-0.1, -0.05) is 81.4 Å². The number of aliphatic hydroxyl groups excluding tert-OH is 1. The molecule has 2 atom stereocenters. The van der Waals surface area contributed by atoms with Crippen LogP contribution < -0.4 is 5.32 Å². The summed E-state index contributed by atoms with van der Waals surface area (Å²) in [6.45, 7) is 8.45. The molecule has 26 heavy (non-hydrogen) atoms. The Bertz CT molecular complexity index is 691. The van der Waals surface area contributed by atoms with Gasteiger partial charge in [-0.15, -0.1) is 0 Å². The smallest absolute Gasteiger partial charge is 0.230 e. The highest BCUT2D eigenvalue weighted by molar-refractivity contribution is 5.88. The highest BCUT2D eigenvalue weighted by Gasteiger charge is 2.37. The van der Waals surface area contributed by atoms with Gasteiger partial charge >= 0.3 is 0 Å². The molecule has 0 saturated heterocycles. The van der Waals surface area contributed by atoms with E-state index in [0.717, 1.165) is 24.0 Å². The highest BCUT2D eigenvalue weighted by atomic mass is 16.3. The van der Waals surface area contributed by atoms with E-state index < -0.39 is 11.5 Å². The number of amides is 1. The minimum absolute atomic E-state index is 0.0455. The summed E-state index contributed by atoms with van der Waals surface area (Å²) in [6.07, 6.45) is 1.68. The van der Waals surface area contributed by atoms with E-state index in [1.54, 1.807) is 0 Å². The lowest BCUT2D eigenvalue weighted by Crippen LogP contribution is -2.45. The zero-order valence-corrected chi connectivity index (χ0v) is 16.3. The predicted octanol–water partition coefficient (Wildman–Crippen LogP) is 4.62. The van der Waals surface area contributed by atoms with Crippen LogP contribution in [0.25, 0.3) is 0 Å². The third-order valence-corrected chi connectivity index (χ3v) is 4.98. The van der Waals surface area contributed by atoms with Gasteiger partial charge in [-0.25, -0.2) is 0 Å². The van der Waals surface area contributed by atoms with Crippen LogP contribution in [0.1, 0.15) is 57.7 Å². The molecule has 1 unspecified atom stereocenters. The molecule has 0 spiro atoms. The van der Waals surface area contributed by atoms with Gasteiger partial charge in [0, 0.05) is 0 Å². The number of hydrogen-bond donors (Lipinski definition) is 2. The van der Waals surface area contributed by atoms with E-state index in [2.05, 4.69) is 26.1 Å². The van der Waals surface area contributed by atoms with Gasteiger partial charge in [-0.3, -0.25) is 4.79 Å². The minimum atomic E-state index is -0.642. The molecule has 0 aliphatic carbocycles. The van der Waals surface area contributed by atoms with Crippen LogP contribution in [0.2, 0.25) is 0 Å². The topological polar surface area (TPSA) is 49.3 Å². The maximum atomic E-state index is 13.3. The molecule has 0 saturated carbocycles. The van der Waals surface area contributed by atoms with Crippen molar-refractivity contribution in [1.82, 2.24) is 5.32 Å². The zero-order valence-electron chi connectivity index (χ0n) is 16.3. The van der Waals surface area contributed by atoms with Crippen molar-refractivity contribution in [1.29, 1.82) is 0 Å². The van der Waals surface area contributed by atoms with Crippen molar-refractivity contribution < 1.29 is 9.90 Å². The summed E-state index contributed by atoms with van der Waals surface area (Å²) in [5, 5.41) is 12.9. The normalized spacial score (nSPS) is 15.1. The second-order valence-corrected chi connectivity index (χ2v) is 8.38. The summed E-state index contributed by atoms with van der Waals surface area (Å²) in [4.78, 5) is 13.3. The number of benzene rings is 2. The fourth-order valence-corrected chi connectivity index (χ4v) is 3.06. The summed E-state index contributed by atoms with van der Waals surface area (Å²) < 4.78 is 0. The van der Waals surface area contributed by atoms with Crippen LogP contribution >= 0.6 is 0 Å². The Hall–Kier alpha value is -2.13. The largest absolute Gasteiger partial charge is 0.394 e. The Morgan fingerprint density at radius 3 is 1.96 bits per heavy atom. The summed E-state index contributed by atoms with van der Waals surface area (Å²) in [5.74, 6) is -0.0455. The fourth-order valence-electron chi connectivity index (χ4n) is 3.06. The average molecular weight is 354 g/mol. The molecular formula is C23H31NO2. The molecule has 2 aromatic rings. The lowest BCUT2D eigenvalue weighted by Gasteiger charge is -2.33. The number of carbonyl (C=O) groups excluding carboxylic acids is 1. The molecule has 2 N–H and O–H groups in total. The molecular weight excluding hydrogens is 322 g/mol. The third kappa shape index (κ3) is 5.18. The molecule has 1 amide bonds. The third-order valence-electron chi connectivity index (χ3n) is 4.98. The SMILES string of the molecule is CC(C)(C)CCC(C)(C(=O)N[C@H](CO)c1ccccc1)c1ccccc1. The maximum absolute atomic E-state index is 13.3. The van der Waals surface area contributed by atoms with E-state index in [0.29, 0.717) is 0 Å². The molecule has 3 heteroatoms. The first-order chi connectivity index (χ1) is 12.3. The Labute approximate surface area is 157 Å². The van der Waals surface area contributed by atoms with E-state index in [4.69, 9.17) is 0 Å². The molecule has 0 fully saturated rings.